The summed E-state index contributed by atoms with van der Waals surface area (Å²) in [6, 6.07) is 4.96. The fraction of sp³-hybridized carbons (Fsp3) is 0.733. The zero-order valence-electron chi connectivity index (χ0n) is 11.9. The summed E-state index contributed by atoms with van der Waals surface area (Å²) >= 11 is 0. The first kappa shape index (κ1) is 13.6. The van der Waals surface area contributed by atoms with Gasteiger partial charge in [0.15, 0.2) is 0 Å². The fourth-order valence-electron chi connectivity index (χ4n) is 2.77. The SMILES string of the molecule is CC(C)CN1CCC(N[C@@H](C)c2ccco2)CC1. The first-order valence-corrected chi connectivity index (χ1v) is 7.17. The monoisotopic (exact) mass is 250 g/mol. The van der Waals surface area contributed by atoms with E-state index in [9.17, 15) is 0 Å². The van der Waals surface area contributed by atoms with Crippen molar-refractivity contribution in [3.05, 3.63) is 24.2 Å². The van der Waals surface area contributed by atoms with Gasteiger partial charge in [0.05, 0.1) is 12.3 Å². The summed E-state index contributed by atoms with van der Waals surface area (Å²) in [5.74, 6) is 1.82. The molecule has 3 heteroatoms. The molecule has 1 saturated heterocycles. The Morgan fingerprint density at radius 2 is 2.06 bits per heavy atom. The second kappa shape index (κ2) is 6.39. The third kappa shape index (κ3) is 3.85. The zero-order chi connectivity index (χ0) is 13.0. The summed E-state index contributed by atoms with van der Waals surface area (Å²) < 4.78 is 5.44. The van der Waals surface area contributed by atoms with E-state index in [1.165, 1.54) is 32.5 Å². The minimum absolute atomic E-state index is 0.321. The molecule has 0 aliphatic carbocycles. The van der Waals surface area contributed by atoms with Crippen LogP contribution in [-0.4, -0.2) is 30.6 Å². The molecule has 1 atom stereocenters. The Morgan fingerprint density at radius 3 is 2.61 bits per heavy atom. The second-order valence-corrected chi connectivity index (χ2v) is 5.87. The highest BCUT2D eigenvalue weighted by atomic mass is 16.3. The lowest BCUT2D eigenvalue weighted by Crippen LogP contribution is -2.44. The van der Waals surface area contributed by atoms with Crippen LogP contribution in [0.25, 0.3) is 0 Å². The maximum Gasteiger partial charge on any atom is 0.120 e. The highest BCUT2D eigenvalue weighted by molar-refractivity contribution is 5.03. The lowest BCUT2D eigenvalue weighted by atomic mass is 10.0. The Kier molecular flexibility index (Phi) is 4.84. The van der Waals surface area contributed by atoms with Gasteiger partial charge in [-0.15, -0.1) is 0 Å². The summed E-state index contributed by atoms with van der Waals surface area (Å²) in [7, 11) is 0. The highest BCUT2D eigenvalue weighted by Crippen LogP contribution is 2.18. The van der Waals surface area contributed by atoms with Crippen LogP contribution in [0.3, 0.4) is 0 Å². The van der Waals surface area contributed by atoms with Crippen molar-refractivity contribution in [2.75, 3.05) is 19.6 Å². The van der Waals surface area contributed by atoms with Crippen molar-refractivity contribution >= 4 is 0 Å². The molecule has 0 amide bonds. The van der Waals surface area contributed by atoms with Crippen molar-refractivity contribution in [3.63, 3.8) is 0 Å². The summed E-state index contributed by atoms with van der Waals surface area (Å²) in [5, 5.41) is 3.67. The van der Waals surface area contributed by atoms with Crippen molar-refractivity contribution in [1.29, 1.82) is 0 Å². The molecular weight excluding hydrogens is 224 g/mol. The Hall–Kier alpha value is -0.800. The molecule has 1 aliphatic rings. The molecule has 2 heterocycles. The number of likely N-dealkylation sites (tertiary alicyclic amines) is 1. The molecule has 1 aromatic heterocycles. The molecule has 3 nitrogen and oxygen atoms in total. The van der Waals surface area contributed by atoms with Crippen LogP contribution in [0, 0.1) is 5.92 Å². The smallest absolute Gasteiger partial charge is 0.120 e. The Bertz CT molecular complexity index is 326. The van der Waals surface area contributed by atoms with Gasteiger partial charge in [-0.1, -0.05) is 13.8 Å². The predicted molar refractivity (Wildman–Crippen MR) is 74.6 cm³/mol. The summed E-state index contributed by atoms with van der Waals surface area (Å²) in [5.41, 5.74) is 0. The van der Waals surface area contributed by atoms with Gasteiger partial charge in [0.1, 0.15) is 5.76 Å². The number of furan rings is 1. The number of hydrogen-bond donors (Lipinski definition) is 1. The largest absolute Gasteiger partial charge is 0.468 e. The summed E-state index contributed by atoms with van der Waals surface area (Å²) in [6.45, 7) is 10.5. The number of nitrogens with one attached hydrogen (secondary N) is 1. The van der Waals surface area contributed by atoms with Gasteiger partial charge < -0.3 is 14.6 Å². The molecule has 102 valence electrons. The van der Waals surface area contributed by atoms with Crippen molar-refractivity contribution in [1.82, 2.24) is 10.2 Å². The molecule has 2 rings (SSSR count). The summed E-state index contributed by atoms with van der Waals surface area (Å²) in [6.07, 6.45) is 4.24. The maximum absolute atomic E-state index is 5.44. The van der Waals surface area contributed by atoms with E-state index in [4.69, 9.17) is 4.42 Å². The second-order valence-electron chi connectivity index (χ2n) is 5.87. The lowest BCUT2D eigenvalue weighted by Gasteiger charge is -2.34. The molecule has 0 bridgehead atoms. The third-order valence-electron chi connectivity index (χ3n) is 3.67. The van der Waals surface area contributed by atoms with E-state index in [-0.39, 0.29) is 0 Å². The first-order chi connectivity index (χ1) is 8.65. The number of nitrogens with zero attached hydrogens (tertiary/aromatic N) is 1. The molecule has 1 fully saturated rings. The quantitative estimate of drug-likeness (QED) is 0.870. The Morgan fingerprint density at radius 1 is 1.33 bits per heavy atom. The van der Waals surface area contributed by atoms with Crippen molar-refractivity contribution in [3.8, 4) is 0 Å². The molecule has 0 unspecified atom stereocenters. The van der Waals surface area contributed by atoms with Crippen molar-refractivity contribution < 1.29 is 4.42 Å². The number of hydrogen-bond acceptors (Lipinski definition) is 3. The van der Waals surface area contributed by atoms with E-state index < -0.39 is 0 Å². The molecule has 0 radical (unpaired) electrons. The molecule has 18 heavy (non-hydrogen) atoms. The van der Waals surface area contributed by atoms with Crippen molar-refractivity contribution in [2.24, 2.45) is 5.92 Å². The normalized spacial score (nSPS) is 20.4. The molecule has 0 spiro atoms. The first-order valence-electron chi connectivity index (χ1n) is 7.17. The molecule has 1 N–H and O–H groups in total. The van der Waals surface area contributed by atoms with E-state index in [1.807, 2.05) is 12.1 Å². The van der Waals surface area contributed by atoms with E-state index in [1.54, 1.807) is 6.26 Å². The standard InChI is InChI=1S/C15H26N2O/c1-12(2)11-17-8-6-14(7-9-17)16-13(3)15-5-4-10-18-15/h4-5,10,12-14,16H,6-9,11H2,1-3H3/t13-/m0/s1. The molecule has 1 aromatic rings. The van der Waals surface area contributed by atoms with Crippen LogP contribution in [0.1, 0.15) is 45.4 Å². The zero-order valence-corrected chi connectivity index (χ0v) is 11.9. The average molecular weight is 250 g/mol. The minimum Gasteiger partial charge on any atom is -0.468 e. The molecular formula is C15H26N2O. The molecule has 0 saturated carbocycles. The summed E-state index contributed by atoms with van der Waals surface area (Å²) in [4.78, 5) is 2.58. The Labute approximate surface area is 111 Å². The lowest BCUT2D eigenvalue weighted by molar-refractivity contribution is 0.173. The van der Waals surface area contributed by atoms with Crippen LogP contribution < -0.4 is 5.32 Å². The van der Waals surface area contributed by atoms with E-state index in [0.717, 1.165) is 11.7 Å². The van der Waals surface area contributed by atoms with Crippen LogP contribution >= 0.6 is 0 Å². The van der Waals surface area contributed by atoms with Gasteiger partial charge in [0.2, 0.25) is 0 Å². The average Bonchev–Trinajstić information content (AvgIpc) is 2.84. The van der Waals surface area contributed by atoms with Crippen LogP contribution in [0.4, 0.5) is 0 Å². The highest BCUT2D eigenvalue weighted by Gasteiger charge is 2.21. The van der Waals surface area contributed by atoms with Gasteiger partial charge >= 0.3 is 0 Å². The van der Waals surface area contributed by atoms with E-state index in [0.29, 0.717) is 12.1 Å². The number of rotatable bonds is 5. The third-order valence-corrected chi connectivity index (χ3v) is 3.67. The van der Waals surface area contributed by atoms with Gasteiger partial charge in [0, 0.05) is 12.6 Å². The van der Waals surface area contributed by atoms with Gasteiger partial charge in [-0.05, 0) is 50.9 Å². The van der Waals surface area contributed by atoms with Crippen LogP contribution in [-0.2, 0) is 0 Å². The van der Waals surface area contributed by atoms with E-state index in [2.05, 4.69) is 31.0 Å². The van der Waals surface area contributed by atoms with Gasteiger partial charge in [-0.2, -0.15) is 0 Å². The van der Waals surface area contributed by atoms with Gasteiger partial charge in [-0.3, -0.25) is 0 Å². The van der Waals surface area contributed by atoms with Crippen molar-refractivity contribution in [2.45, 2.75) is 45.7 Å². The number of piperidine rings is 1. The van der Waals surface area contributed by atoms with Gasteiger partial charge in [-0.25, -0.2) is 0 Å². The minimum atomic E-state index is 0.321. The van der Waals surface area contributed by atoms with Crippen LogP contribution in [0.2, 0.25) is 0 Å². The van der Waals surface area contributed by atoms with E-state index >= 15 is 0 Å². The molecule has 1 aliphatic heterocycles. The van der Waals surface area contributed by atoms with Gasteiger partial charge in [0.25, 0.3) is 0 Å². The van der Waals surface area contributed by atoms with Crippen LogP contribution in [0.5, 0.6) is 0 Å². The maximum atomic E-state index is 5.44. The fourth-order valence-corrected chi connectivity index (χ4v) is 2.77. The van der Waals surface area contributed by atoms with Crippen LogP contribution in [0.15, 0.2) is 22.8 Å². The Balaban J connectivity index is 1.73. The predicted octanol–water partition coefficient (Wildman–Crippen LogP) is 3.05. The molecule has 0 aromatic carbocycles. The topological polar surface area (TPSA) is 28.4 Å².